The van der Waals surface area contributed by atoms with E-state index < -0.39 is 0 Å². The molecule has 0 amide bonds. The molecule has 0 aromatic heterocycles. The number of piperidine rings is 1. The summed E-state index contributed by atoms with van der Waals surface area (Å²) in [7, 11) is 0. The summed E-state index contributed by atoms with van der Waals surface area (Å²) in [5, 5.41) is 3.59. The van der Waals surface area contributed by atoms with E-state index >= 15 is 0 Å². The molecule has 132 valence electrons. The first-order valence-electron chi connectivity index (χ1n) is 9.79. The van der Waals surface area contributed by atoms with E-state index in [0.717, 1.165) is 13.1 Å². The predicted octanol–water partition coefficient (Wildman–Crippen LogP) is 1.88. The van der Waals surface area contributed by atoms with Gasteiger partial charge in [0.05, 0.1) is 0 Å². The van der Waals surface area contributed by atoms with E-state index in [-0.39, 0.29) is 0 Å². The van der Waals surface area contributed by atoms with E-state index in [2.05, 4.69) is 50.3 Å². The van der Waals surface area contributed by atoms with Gasteiger partial charge in [0, 0.05) is 58.0 Å². The van der Waals surface area contributed by atoms with Crippen LogP contribution < -0.4 is 10.2 Å². The largest absolute Gasteiger partial charge is 0.369 e. The summed E-state index contributed by atoms with van der Waals surface area (Å²) in [4.78, 5) is 7.92. The number of anilines is 1. The highest BCUT2D eigenvalue weighted by Gasteiger charge is 2.37. The Balaban J connectivity index is 1.22. The third-order valence-corrected chi connectivity index (χ3v) is 6.30. The van der Waals surface area contributed by atoms with Crippen LogP contribution in [0.3, 0.4) is 0 Å². The first-order valence-corrected chi connectivity index (χ1v) is 9.79. The number of para-hydroxylation sites is 1. The normalized spacial score (nSPS) is 29.4. The van der Waals surface area contributed by atoms with Gasteiger partial charge in [-0.15, -0.1) is 0 Å². The summed E-state index contributed by atoms with van der Waals surface area (Å²) in [6.45, 7) is 12.4. The van der Waals surface area contributed by atoms with Gasteiger partial charge in [0.15, 0.2) is 0 Å². The van der Waals surface area contributed by atoms with E-state index in [1.165, 1.54) is 77.3 Å². The van der Waals surface area contributed by atoms with Crippen LogP contribution >= 0.6 is 0 Å². The first-order chi connectivity index (χ1) is 11.8. The smallest absolute Gasteiger partial charge is 0.0367 e. The monoisotopic (exact) mass is 328 g/mol. The number of nitrogens with one attached hydrogen (secondary N) is 1. The van der Waals surface area contributed by atoms with Crippen molar-refractivity contribution in [1.29, 1.82) is 0 Å². The van der Waals surface area contributed by atoms with E-state index in [4.69, 9.17) is 0 Å². The van der Waals surface area contributed by atoms with Crippen LogP contribution in [-0.4, -0.2) is 75.2 Å². The zero-order chi connectivity index (χ0) is 16.2. The second-order valence-electron chi connectivity index (χ2n) is 7.97. The summed E-state index contributed by atoms with van der Waals surface area (Å²) in [5.74, 6) is 0. The van der Waals surface area contributed by atoms with Crippen molar-refractivity contribution in [3.63, 3.8) is 0 Å². The number of likely N-dealkylation sites (tertiary alicyclic amines) is 1. The van der Waals surface area contributed by atoms with Crippen LogP contribution in [0.4, 0.5) is 5.69 Å². The minimum atomic E-state index is 0.601. The highest BCUT2D eigenvalue weighted by Crippen LogP contribution is 2.35. The van der Waals surface area contributed by atoms with Crippen molar-refractivity contribution < 1.29 is 0 Å². The molecule has 1 atom stereocenters. The molecule has 0 saturated carbocycles. The second kappa shape index (κ2) is 7.42. The van der Waals surface area contributed by atoms with Crippen LogP contribution in [0.2, 0.25) is 0 Å². The van der Waals surface area contributed by atoms with Gasteiger partial charge < -0.3 is 15.1 Å². The van der Waals surface area contributed by atoms with Crippen molar-refractivity contribution in [2.75, 3.05) is 70.3 Å². The maximum absolute atomic E-state index is 3.59. The Morgan fingerprint density at radius 1 is 0.875 bits per heavy atom. The Morgan fingerprint density at radius 3 is 2.42 bits per heavy atom. The topological polar surface area (TPSA) is 21.8 Å². The summed E-state index contributed by atoms with van der Waals surface area (Å²) in [6.07, 6.45) is 4.22. The number of piperazine rings is 1. The molecular formula is C20H32N4. The first kappa shape index (κ1) is 16.4. The van der Waals surface area contributed by atoms with E-state index in [0.29, 0.717) is 5.41 Å². The van der Waals surface area contributed by atoms with Crippen molar-refractivity contribution >= 4 is 5.69 Å². The number of hydrogen-bond donors (Lipinski definition) is 1. The minimum absolute atomic E-state index is 0.601. The molecule has 1 aromatic rings. The van der Waals surface area contributed by atoms with Gasteiger partial charge in [0.2, 0.25) is 0 Å². The third-order valence-electron chi connectivity index (χ3n) is 6.30. The molecule has 24 heavy (non-hydrogen) atoms. The third kappa shape index (κ3) is 3.76. The molecular weight excluding hydrogens is 296 g/mol. The molecule has 3 aliphatic rings. The molecule has 1 spiro atoms. The number of benzene rings is 1. The fourth-order valence-electron chi connectivity index (χ4n) is 4.80. The zero-order valence-electron chi connectivity index (χ0n) is 14.9. The highest BCUT2D eigenvalue weighted by atomic mass is 15.3. The van der Waals surface area contributed by atoms with Crippen LogP contribution in [0.15, 0.2) is 30.3 Å². The van der Waals surface area contributed by atoms with Gasteiger partial charge >= 0.3 is 0 Å². The SMILES string of the molecule is c1ccc(N2CCN(CCN3CCCC4(CCNC4)C3)CC2)cc1. The van der Waals surface area contributed by atoms with Crippen molar-refractivity contribution in [2.45, 2.75) is 19.3 Å². The Hall–Kier alpha value is -1.10. The molecule has 4 rings (SSSR count). The van der Waals surface area contributed by atoms with Gasteiger partial charge in [-0.25, -0.2) is 0 Å². The summed E-state index contributed by atoms with van der Waals surface area (Å²) in [5.41, 5.74) is 1.98. The van der Waals surface area contributed by atoms with Gasteiger partial charge in [0.25, 0.3) is 0 Å². The van der Waals surface area contributed by atoms with Crippen LogP contribution in [-0.2, 0) is 0 Å². The molecule has 3 heterocycles. The Bertz CT molecular complexity index is 504. The molecule has 1 unspecified atom stereocenters. The maximum Gasteiger partial charge on any atom is 0.0367 e. The average molecular weight is 329 g/mol. The molecule has 0 aliphatic carbocycles. The minimum Gasteiger partial charge on any atom is -0.369 e. The summed E-state index contributed by atoms with van der Waals surface area (Å²) < 4.78 is 0. The molecule has 4 nitrogen and oxygen atoms in total. The second-order valence-corrected chi connectivity index (χ2v) is 7.97. The Morgan fingerprint density at radius 2 is 1.67 bits per heavy atom. The summed E-state index contributed by atoms with van der Waals surface area (Å²) >= 11 is 0. The lowest BCUT2D eigenvalue weighted by Crippen LogP contribution is -2.50. The molecule has 3 aliphatic heterocycles. The molecule has 3 fully saturated rings. The maximum atomic E-state index is 3.59. The van der Waals surface area contributed by atoms with E-state index in [1.807, 2.05) is 0 Å². The molecule has 1 aromatic carbocycles. The van der Waals surface area contributed by atoms with Gasteiger partial charge in [-0.3, -0.25) is 4.90 Å². The Labute approximate surface area is 146 Å². The lowest BCUT2D eigenvalue weighted by Gasteiger charge is -2.42. The zero-order valence-corrected chi connectivity index (χ0v) is 14.9. The van der Waals surface area contributed by atoms with Crippen LogP contribution in [0.1, 0.15) is 19.3 Å². The molecule has 0 bridgehead atoms. The lowest BCUT2D eigenvalue weighted by molar-refractivity contribution is 0.0909. The van der Waals surface area contributed by atoms with Crippen molar-refractivity contribution in [2.24, 2.45) is 5.41 Å². The fraction of sp³-hybridized carbons (Fsp3) is 0.700. The predicted molar refractivity (Wildman–Crippen MR) is 101 cm³/mol. The van der Waals surface area contributed by atoms with E-state index in [9.17, 15) is 0 Å². The average Bonchev–Trinajstić information content (AvgIpc) is 3.09. The summed E-state index contributed by atoms with van der Waals surface area (Å²) in [6, 6.07) is 10.9. The number of rotatable bonds is 4. The molecule has 4 heteroatoms. The van der Waals surface area contributed by atoms with Gasteiger partial charge in [-0.1, -0.05) is 18.2 Å². The number of nitrogens with zero attached hydrogens (tertiary/aromatic N) is 3. The molecule has 0 radical (unpaired) electrons. The Kier molecular flexibility index (Phi) is 5.06. The van der Waals surface area contributed by atoms with Crippen molar-refractivity contribution in [3.8, 4) is 0 Å². The van der Waals surface area contributed by atoms with Crippen molar-refractivity contribution in [3.05, 3.63) is 30.3 Å². The molecule has 3 saturated heterocycles. The highest BCUT2D eigenvalue weighted by molar-refractivity contribution is 5.46. The van der Waals surface area contributed by atoms with Crippen LogP contribution in [0, 0.1) is 5.41 Å². The number of hydrogen-bond acceptors (Lipinski definition) is 4. The fourth-order valence-corrected chi connectivity index (χ4v) is 4.80. The van der Waals surface area contributed by atoms with Gasteiger partial charge in [-0.2, -0.15) is 0 Å². The van der Waals surface area contributed by atoms with E-state index in [1.54, 1.807) is 0 Å². The van der Waals surface area contributed by atoms with Gasteiger partial charge in [0.1, 0.15) is 0 Å². The quantitative estimate of drug-likeness (QED) is 0.911. The van der Waals surface area contributed by atoms with Crippen LogP contribution in [0.25, 0.3) is 0 Å². The molecule has 1 N–H and O–H groups in total. The van der Waals surface area contributed by atoms with Crippen LogP contribution in [0.5, 0.6) is 0 Å². The lowest BCUT2D eigenvalue weighted by atomic mass is 9.79. The van der Waals surface area contributed by atoms with Crippen molar-refractivity contribution in [1.82, 2.24) is 15.1 Å². The van der Waals surface area contributed by atoms with Gasteiger partial charge in [-0.05, 0) is 49.9 Å². The standard InChI is InChI=1S/C20H32N4/c1-2-5-19(6-3-1)24-15-13-22(14-16-24)11-12-23-10-4-7-20(18-23)8-9-21-17-20/h1-3,5-6,21H,4,7-18H2.